The SMILES string of the molecule is CCCC(NC(=O)c1ccnc(NN)c1)c1cccs1. The van der Waals surface area contributed by atoms with E-state index in [9.17, 15) is 4.79 Å². The summed E-state index contributed by atoms with van der Waals surface area (Å²) in [6, 6.07) is 7.40. The molecule has 0 saturated heterocycles. The van der Waals surface area contributed by atoms with Crippen LogP contribution in [0, 0.1) is 0 Å². The van der Waals surface area contributed by atoms with Gasteiger partial charge in [-0.05, 0) is 30.0 Å². The van der Waals surface area contributed by atoms with Crippen LogP contribution in [0.25, 0.3) is 0 Å². The molecule has 0 radical (unpaired) electrons. The molecule has 1 amide bonds. The number of hydrogen-bond donors (Lipinski definition) is 3. The van der Waals surface area contributed by atoms with Crippen LogP contribution < -0.4 is 16.6 Å². The number of carbonyl (C=O) groups is 1. The molecule has 0 saturated carbocycles. The Morgan fingerprint density at radius 1 is 1.50 bits per heavy atom. The van der Waals surface area contributed by atoms with Gasteiger partial charge in [-0.25, -0.2) is 10.8 Å². The molecule has 0 fully saturated rings. The molecule has 2 heterocycles. The van der Waals surface area contributed by atoms with Crippen molar-refractivity contribution in [3.05, 3.63) is 46.3 Å². The predicted molar refractivity (Wildman–Crippen MR) is 81.5 cm³/mol. The molecule has 2 rings (SSSR count). The van der Waals surface area contributed by atoms with Gasteiger partial charge in [0.1, 0.15) is 5.82 Å². The van der Waals surface area contributed by atoms with Gasteiger partial charge in [-0.2, -0.15) is 0 Å². The first-order valence-electron chi connectivity index (χ1n) is 6.51. The van der Waals surface area contributed by atoms with E-state index < -0.39 is 0 Å². The fraction of sp³-hybridized carbons (Fsp3) is 0.286. The van der Waals surface area contributed by atoms with E-state index in [1.807, 2.05) is 17.5 Å². The monoisotopic (exact) mass is 290 g/mol. The summed E-state index contributed by atoms with van der Waals surface area (Å²) < 4.78 is 0. The second kappa shape index (κ2) is 7.02. The summed E-state index contributed by atoms with van der Waals surface area (Å²) in [5.41, 5.74) is 2.99. The number of aromatic nitrogens is 1. The Hall–Kier alpha value is -1.92. The zero-order chi connectivity index (χ0) is 14.4. The number of nitrogens with one attached hydrogen (secondary N) is 2. The lowest BCUT2D eigenvalue weighted by atomic mass is 10.1. The number of nitrogen functional groups attached to an aromatic ring is 1. The molecule has 6 heteroatoms. The lowest BCUT2D eigenvalue weighted by Gasteiger charge is -2.17. The predicted octanol–water partition coefficient (Wildman–Crippen LogP) is 2.70. The van der Waals surface area contributed by atoms with Crippen molar-refractivity contribution < 1.29 is 4.79 Å². The van der Waals surface area contributed by atoms with E-state index in [1.165, 1.54) is 4.88 Å². The lowest BCUT2D eigenvalue weighted by Crippen LogP contribution is -2.28. The van der Waals surface area contributed by atoms with Crippen molar-refractivity contribution in [1.82, 2.24) is 10.3 Å². The highest BCUT2D eigenvalue weighted by Gasteiger charge is 2.16. The van der Waals surface area contributed by atoms with Crippen molar-refractivity contribution in [2.24, 2.45) is 5.84 Å². The highest BCUT2D eigenvalue weighted by atomic mass is 32.1. The first kappa shape index (κ1) is 14.5. The van der Waals surface area contributed by atoms with Crippen LogP contribution in [-0.2, 0) is 0 Å². The summed E-state index contributed by atoms with van der Waals surface area (Å²) >= 11 is 1.66. The molecule has 5 nitrogen and oxygen atoms in total. The van der Waals surface area contributed by atoms with Crippen LogP contribution in [0.2, 0.25) is 0 Å². The van der Waals surface area contributed by atoms with Crippen LogP contribution in [0.1, 0.15) is 41.0 Å². The maximum absolute atomic E-state index is 12.3. The van der Waals surface area contributed by atoms with E-state index in [1.54, 1.807) is 29.7 Å². The molecule has 0 aliphatic rings. The molecule has 0 aliphatic heterocycles. The van der Waals surface area contributed by atoms with E-state index >= 15 is 0 Å². The Labute approximate surface area is 122 Å². The largest absolute Gasteiger partial charge is 0.344 e. The minimum absolute atomic E-state index is 0.0509. The normalized spacial score (nSPS) is 11.9. The average molecular weight is 290 g/mol. The van der Waals surface area contributed by atoms with Gasteiger partial charge in [0.2, 0.25) is 0 Å². The van der Waals surface area contributed by atoms with Crippen LogP contribution in [0.3, 0.4) is 0 Å². The molecule has 20 heavy (non-hydrogen) atoms. The van der Waals surface area contributed by atoms with E-state index in [0.29, 0.717) is 11.4 Å². The number of hydrogen-bond acceptors (Lipinski definition) is 5. The van der Waals surface area contributed by atoms with Gasteiger partial charge >= 0.3 is 0 Å². The highest BCUT2D eigenvalue weighted by molar-refractivity contribution is 7.10. The number of nitrogens with two attached hydrogens (primary N) is 1. The van der Waals surface area contributed by atoms with Crippen molar-refractivity contribution in [2.45, 2.75) is 25.8 Å². The number of pyridine rings is 1. The van der Waals surface area contributed by atoms with Gasteiger partial charge in [0.15, 0.2) is 0 Å². The van der Waals surface area contributed by atoms with Gasteiger partial charge in [-0.1, -0.05) is 19.4 Å². The van der Waals surface area contributed by atoms with Crippen molar-refractivity contribution in [3.63, 3.8) is 0 Å². The number of hydrazine groups is 1. The second-order valence-electron chi connectivity index (χ2n) is 4.40. The fourth-order valence-electron chi connectivity index (χ4n) is 1.96. The summed E-state index contributed by atoms with van der Waals surface area (Å²) in [6.45, 7) is 2.11. The molecule has 0 spiro atoms. The van der Waals surface area contributed by atoms with Crippen molar-refractivity contribution in [1.29, 1.82) is 0 Å². The molecular formula is C14H18N4OS. The van der Waals surface area contributed by atoms with Crippen LogP contribution >= 0.6 is 11.3 Å². The number of anilines is 1. The third-order valence-electron chi connectivity index (χ3n) is 2.94. The number of rotatable bonds is 6. The van der Waals surface area contributed by atoms with E-state index in [-0.39, 0.29) is 11.9 Å². The van der Waals surface area contributed by atoms with Gasteiger partial charge in [0.05, 0.1) is 6.04 Å². The Bertz CT molecular complexity index is 556. The van der Waals surface area contributed by atoms with Gasteiger partial charge < -0.3 is 10.7 Å². The lowest BCUT2D eigenvalue weighted by molar-refractivity contribution is 0.0935. The molecule has 0 bridgehead atoms. The summed E-state index contributed by atoms with van der Waals surface area (Å²) in [5.74, 6) is 5.66. The molecule has 2 aromatic rings. The maximum atomic E-state index is 12.3. The maximum Gasteiger partial charge on any atom is 0.251 e. The smallest absolute Gasteiger partial charge is 0.251 e. The van der Waals surface area contributed by atoms with Crippen LogP contribution in [0.5, 0.6) is 0 Å². The van der Waals surface area contributed by atoms with Gasteiger partial charge in [-0.15, -0.1) is 11.3 Å². The first-order chi connectivity index (χ1) is 9.74. The highest BCUT2D eigenvalue weighted by Crippen LogP contribution is 2.23. The molecule has 2 aromatic heterocycles. The minimum Gasteiger partial charge on any atom is -0.344 e. The molecular weight excluding hydrogens is 272 g/mol. The Kier molecular flexibility index (Phi) is 5.09. The summed E-state index contributed by atoms with van der Waals surface area (Å²) in [7, 11) is 0. The minimum atomic E-state index is -0.115. The number of thiophene rings is 1. The quantitative estimate of drug-likeness (QED) is 0.564. The topological polar surface area (TPSA) is 80.0 Å². The van der Waals surface area contributed by atoms with Crippen molar-refractivity contribution in [3.8, 4) is 0 Å². The van der Waals surface area contributed by atoms with Gasteiger partial charge in [0, 0.05) is 16.6 Å². The van der Waals surface area contributed by atoms with Crippen LogP contribution in [-0.4, -0.2) is 10.9 Å². The van der Waals surface area contributed by atoms with E-state index in [2.05, 4.69) is 22.7 Å². The first-order valence-corrected chi connectivity index (χ1v) is 7.39. The Morgan fingerprint density at radius 2 is 2.35 bits per heavy atom. The van der Waals surface area contributed by atoms with Gasteiger partial charge in [0.25, 0.3) is 5.91 Å². The number of amides is 1. The molecule has 4 N–H and O–H groups in total. The molecule has 0 aliphatic carbocycles. The molecule has 0 aromatic carbocycles. The van der Waals surface area contributed by atoms with Crippen molar-refractivity contribution >= 4 is 23.1 Å². The second-order valence-corrected chi connectivity index (χ2v) is 5.38. The summed E-state index contributed by atoms with van der Waals surface area (Å²) in [5, 5.41) is 5.08. The number of nitrogens with zero attached hydrogens (tertiary/aromatic N) is 1. The Morgan fingerprint density at radius 3 is 3.00 bits per heavy atom. The third-order valence-corrected chi connectivity index (χ3v) is 3.93. The third kappa shape index (κ3) is 3.55. The van der Waals surface area contributed by atoms with E-state index in [0.717, 1.165) is 12.8 Å². The zero-order valence-corrected chi connectivity index (χ0v) is 12.1. The van der Waals surface area contributed by atoms with Gasteiger partial charge in [-0.3, -0.25) is 4.79 Å². The van der Waals surface area contributed by atoms with Crippen LogP contribution in [0.4, 0.5) is 5.82 Å². The zero-order valence-electron chi connectivity index (χ0n) is 11.3. The molecule has 1 atom stereocenters. The molecule has 106 valence electrons. The van der Waals surface area contributed by atoms with Crippen LogP contribution in [0.15, 0.2) is 35.8 Å². The van der Waals surface area contributed by atoms with Crippen molar-refractivity contribution in [2.75, 3.05) is 5.43 Å². The standard InChI is InChI=1S/C14H18N4OS/c1-2-4-11(12-5-3-8-20-12)17-14(19)10-6-7-16-13(9-10)18-15/h3,5-9,11H,2,4,15H2,1H3,(H,16,18)(H,17,19). The number of carbonyl (C=O) groups excluding carboxylic acids is 1. The Balaban J connectivity index is 2.11. The summed E-state index contributed by atoms with van der Waals surface area (Å²) in [4.78, 5) is 17.5. The fourth-order valence-corrected chi connectivity index (χ4v) is 2.77. The molecule has 1 unspecified atom stereocenters. The van der Waals surface area contributed by atoms with E-state index in [4.69, 9.17) is 5.84 Å². The summed E-state index contributed by atoms with van der Waals surface area (Å²) in [6.07, 6.45) is 3.48. The average Bonchev–Trinajstić information content (AvgIpc) is 3.01.